The zero-order chi connectivity index (χ0) is 14.0. The summed E-state index contributed by atoms with van der Waals surface area (Å²) in [6, 6.07) is 3.75. The fourth-order valence-electron chi connectivity index (χ4n) is 2.71. The highest BCUT2D eigenvalue weighted by Gasteiger charge is 2.40. The van der Waals surface area contributed by atoms with Crippen LogP contribution in [0.15, 0.2) is 12.3 Å². The van der Waals surface area contributed by atoms with Crippen molar-refractivity contribution in [2.75, 3.05) is 38.3 Å². The van der Waals surface area contributed by atoms with Gasteiger partial charge in [0, 0.05) is 25.3 Å². The van der Waals surface area contributed by atoms with Crippen LogP contribution < -0.4 is 10.6 Å². The third kappa shape index (κ3) is 2.36. The summed E-state index contributed by atoms with van der Waals surface area (Å²) >= 11 is 0. The van der Waals surface area contributed by atoms with E-state index in [1.165, 1.54) is 19.3 Å². The Kier molecular flexibility index (Phi) is 3.63. The van der Waals surface area contributed by atoms with Crippen LogP contribution in [0, 0.1) is 11.3 Å². The number of nitriles is 1. The van der Waals surface area contributed by atoms with Crippen molar-refractivity contribution in [3.05, 3.63) is 17.8 Å². The molecule has 0 saturated heterocycles. The van der Waals surface area contributed by atoms with Crippen LogP contribution in [-0.2, 0) is 0 Å². The van der Waals surface area contributed by atoms with Gasteiger partial charge >= 0.3 is 0 Å². The molecular weight excluding hydrogens is 238 g/mol. The summed E-state index contributed by atoms with van der Waals surface area (Å²) in [6.45, 7) is 0.881. The molecule has 0 amide bonds. The summed E-state index contributed by atoms with van der Waals surface area (Å²) in [4.78, 5) is 8.67. The molecule has 1 aromatic rings. The first-order valence-corrected chi connectivity index (χ1v) is 6.53. The normalized spacial score (nSPS) is 16.8. The summed E-state index contributed by atoms with van der Waals surface area (Å²) in [6.07, 6.45) is 5.31. The molecule has 0 aliphatic heterocycles. The zero-order valence-electron chi connectivity index (χ0n) is 11.8. The molecular formula is C14H21N5. The van der Waals surface area contributed by atoms with E-state index in [9.17, 15) is 0 Å². The van der Waals surface area contributed by atoms with Gasteiger partial charge in [0.1, 0.15) is 6.07 Å². The number of hydrogen-bond donors (Lipinski definition) is 1. The van der Waals surface area contributed by atoms with E-state index in [4.69, 9.17) is 11.0 Å². The van der Waals surface area contributed by atoms with Gasteiger partial charge in [-0.25, -0.2) is 4.98 Å². The zero-order valence-corrected chi connectivity index (χ0v) is 11.8. The van der Waals surface area contributed by atoms with E-state index in [0.717, 1.165) is 6.54 Å². The Bertz CT molecular complexity index is 499. The standard InChI is InChI=1S/C14H21N5/c1-18(2)14(6-4-7-14)10-19(3)13-12(16)11(9-15)5-8-17-13/h5,8H,4,6-7,10,16H2,1-3H3. The van der Waals surface area contributed by atoms with Crippen molar-refractivity contribution in [1.29, 1.82) is 5.26 Å². The topological polar surface area (TPSA) is 69.2 Å². The second-order valence-corrected chi connectivity index (χ2v) is 5.54. The Balaban J connectivity index is 2.21. The van der Waals surface area contributed by atoms with Gasteiger partial charge in [-0.15, -0.1) is 0 Å². The minimum Gasteiger partial charge on any atom is -0.395 e. The molecule has 0 spiro atoms. The lowest BCUT2D eigenvalue weighted by molar-refractivity contribution is 0.0682. The maximum atomic E-state index is 9.02. The molecule has 1 heterocycles. The quantitative estimate of drug-likeness (QED) is 0.886. The van der Waals surface area contributed by atoms with Gasteiger partial charge in [0.2, 0.25) is 0 Å². The Morgan fingerprint density at radius 2 is 2.11 bits per heavy atom. The molecule has 19 heavy (non-hydrogen) atoms. The lowest BCUT2D eigenvalue weighted by atomic mass is 9.75. The summed E-state index contributed by atoms with van der Waals surface area (Å²) in [5, 5.41) is 9.02. The first-order chi connectivity index (χ1) is 9.00. The largest absolute Gasteiger partial charge is 0.395 e. The smallest absolute Gasteiger partial charge is 0.152 e. The number of pyridine rings is 1. The van der Waals surface area contributed by atoms with Gasteiger partial charge in [-0.1, -0.05) is 0 Å². The number of rotatable bonds is 4. The van der Waals surface area contributed by atoms with Crippen LogP contribution in [0.2, 0.25) is 0 Å². The molecule has 0 radical (unpaired) electrons. The highest BCUT2D eigenvalue weighted by Crippen LogP contribution is 2.38. The number of likely N-dealkylation sites (N-methyl/N-ethyl adjacent to an activating group) is 2. The van der Waals surface area contributed by atoms with Crippen LogP contribution in [0.1, 0.15) is 24.8 Å². The van der Waals surface area contributed by atoms with Gasteiger partial charge in [-0.3, -0.25) is 0 Å². The second kappa shape index (κ2) is 5.06. The molecule has 2 N–H and O–H groups in total. The Hall–Kier alpha value is -1.80. The van der Waals surface area contributed by atoms with Crippen molar-refractivity contribution in [1.82, 2.24) is 9.88 Å². The summed E-state index contributed by atoms with van der Waals surface area (Å²) in [5.41, 5.74) is 7.19. The van der Waals surface area contributed by atoms with Crippen LogP contribution in [0.25, 0.3) is 0 Å². The van der Waals surface area contributed by atoms with E-state index in [0.29, 0.717) is 17.1 Å². The maximum Gasteiger partial charge on any atom is 0.152 e. The molecule has 1 saturated carbocycles. The molecule has 2 rings (SSSR count). The molecule has 5 heteroatoms. The first-order valence-electron chi connectivity index (χ1n) is 6.53. The van der Waals surface area contributed by atoms with Crippen molar-refractivity contribution in [2.24, 2.45) is 0 Å². The van der Waals surface area contributed by atoms with Gasteiger partial charge in [-0.2, -0.15) is 5.26 Å². The number of nitrogens with zero attached hydrogens (tertiary/aromatic N) is 4. The van der Waals surface area contributed by atoms with Crippen LogP contribution in [0.3, 0.4) is 0 Å². The van der Waals surface area contributed by atoms with Crippen molar-refractivity contribution < 1.29 is 0 Å². The molecule has 1 aromatic heterocycles. The van der Waals surface area contributed by atoms with Crippen molar-refractivity contribution >= 4 is 11.5 Å². The summed E-state index contributed by atoms with van der Waals surface area (Å²) in [7, 11) is 6.23. The second-order valence-electron chi connectivity index (χ2n) is 5.54. The van der Waals surface area contributed by atoms with Crippen LogP contribution in [-0.4, -0.2) is 43.1 Å². The third-order valence-electron chi connectivity index (χ3n) is 4.22. The Labute approximate surface area is 114 Å². The van der Waals surface area contributed by atoms with Crippen LogP contribution in [0.5, 0.6) is 0 Å². The molecule has 1 aliphatic rings. The van der Waals surface area contributed by atoms with Gasteiger partial charge in [0.15, 0.2) is 5.82 Å². The minimum atomic E-state index is 0.214. The first kappa shape index (κ1) is 13.6. The average molecular weight is 259 g/mol. The molecule has 0 unspecified atom stereocenters. The minimum absolute atomic E-state index is 0.214. The van der Waals surface area contributed by atoms with Gasteiger partial charge in [0.05, 0.1) is 11.3 Å². The summed E-state index contributed by atoms with van der Waals surface area (Å²) in [5.74, 6) is 0.701. The molecule has 1 fully saturated rings. The Morgan fingerprint density at radius 1 is 1.42 bits per heavy atom. The molecule has 0 aromatic carbocycles. The molecule has 0 bridgehead atoms. The van der Waals surface area contributed by atoms with E-state index in [-0.39, 0.29) is 5.54 Å². The van der Waals surface area contributed by atoms with Crippen molar-refractivity contribution in [3.8, 4) is 6.07 Å². The lowest BCUT2D eigenvalue weighted by Gasteiger charge is -2.49. The molecule has 5 nitrogen and oxygen atoms in total. The van der Waals surface area contributed by atoms with E-state index in [1.807, 2.05) is 7.05 Å². The fourth-order valence-corrected chi connectivity index (χ4v) is 2.71. The highest BCUT2D eigenvalue weighted by molar-refractivity contribution is 5.69. The highest BCUT2D eigenvalue weighted by atomic mass is 15.3. The number of hydrogen-bond acceptors (Lipinski definition) is 5. The average Bonchev–Trinajstić information content (AvgIpc) is 2.33. The number of nitrogens with two attached hydrogens (primary N) is 1. The number of anilines is 2. The molecule has 1 aliphatic carbocycles. The van der Waals surface area contributed by atoms with Crippen molar-refractivity contribution in [3.63, 3.8) is 0 Å². The predicted octanol–water partition coefficient (Wildman–Crippen LogP) is 1.46. The third-order valence-corrected chi connectivity index (χ3v) is 4.22. The Morgan fingerprint density at radius 3 is 2.58 bits per heavy atom. The molecule has 102 valence electrons. The maximum absolute atomic E-state index is 9.02. The van der Waals surface area contributed by atoms with Gasteiger partial charge < -0.3 is 15.5 Å². The fraction of sp³-hybridized carbons (Fsp3) is 0.571. The van der Waals surface area contributed by atoms with E-state index in [2.05, 4.69) is 34.9 Å². The lowest BCUT2D eigenvalue weighted by Crippen LogP contribution is -2.57. The van der Waals surface area contributed by atoms with Gasteiger partial charge in [-0.05, 0) is 39.4 Å². The van der Waals surface area contributed by atoms with E-state index in [1.54, 1.807) is 12.3 Å². The summed E-state index contributed by atoms with van der Waals surface area (Å²) < 4.78 is 0. The van der Waals surface area contributed by atoms with Gasteiger partial charge in [0.25, 0.3) is 0 Å². The van der Waals surface area contributed by atoms with Crippen molar-refractivity contribution in [2.45, 2.75) is 24.8 Å². The molecule has 0 atom stereocenters. The van der Waals surface area contributed by atoms with E-state index >= 15 is 0 Å². The number of aromatic nitrogens is 1. The SMILES string of the molecule is CN(CC1(N(C)C)CCC1)c1nccc(C#N)c1N. The monoisotopic (exact) mass is 259 g/mol. The van der Waals surface area contributed by atoms with E-state index < -0.39 is 0 Å². The predicted molar refractivity (Wildman–Crippen MR) is 76.9 cm³/mol. The van der Waals surface area contributed by atoms with Crippen LogP contribution >= 0.6 is 0 Å². The number of nitrogen functional groups attached to an aromatic ring is 1. The van der Waals surface area contributed by atoms with Crippen LogP contribution in [0.4, 0.5) is 11.5 Å².